The Morgan fingerprint density at radius 2 is 1.83 bits per heavy atom. The summed E-state index contributed by atoms with van der Waals surface area (Å²) in [5.74, 6) is -4.61. The standard InChI is InChI=1S/C19H21F4N5O/c20-14-5-13(6-15(21)7-14)9-27-12-19(22,23)8-16(27)10-28-11-17(24-25-28)18(29)26-3-1-2-4-26/h5-7,11,16H,1-4,8-10,12H2/t16-/m0/s1. The molecule has 2 fully saturated rings. The SMILES string of the molecule is O=C(c1cn(C[C@@H]2CC(F)(F)CN2Cc2cc(F)cc(F)c2)nn1)N1CCCC1. The zero-order valence-electron chi connectivity index (χ0n) is 15.7. The van der Waals surface area contributed by atoms with Crippen molar-refractivity contribution >= 4 is 5.91 Å². The van der Waals surface area contributed by atoms with E-state index in [1.54, 1.807) is 4.90 Å². The lowest BCUT2D eigenvalue weighted by Gasteiger charge is -2.23. The van der Waals surface area contributed by atoms with Gasteiger partial charge in [-0.3, -0.25) is 14.4 Å². The Hall–Kier alpha value is -2.49. The Morgan fingerprint density at radius 1 is 1.14 bits per heavy atom. The average Bonchev–Trinajstić information content (AvgIpc) is 3.35. The summed E-state index contributed by atoms with van der Waals surface area (Å²) in [5.41, 5.74) is 0.476. The molecule has 0 N–H and O–H groups in total. The average molecular weight is 411 g/mol. The van der Waals surface area contributed by atoms with Gasteiger partial charge in [0.25, 0.3) is 11.8 Å². The second kappa shape index (κ2) is 7.74. The van der Waals surface area contributed by atoms with Gasteiger partial charge in [-0.1, -0.05) is 5.21 Å². The first kappa shape index (κ1) is 19.8. The fourth-order valence-corrected chi connectivity index (χ4v) is 4.05. The first-order valence-corrected chi connectivity index (χ1v) is 9.55. The van der Waals surface area contributed by atoms with Crippen LogP contribution in [0.25, 0.3) is 0 Å². The van der Waals surface area contributed by atoms with Crippen molar-refractivity contribution in [2.75, 3.05) is 19.6 Å². The number of likely N-dealkylation sites (tertiary alicyclic amines) is 2. The van der Waals surface area contributed by atoms with Crippen LogP contribution in [0.2, 0.25) is 0 Å². The molecule has 0 unspecified atom stereocenters. The van der Waals surface area contributed by atoms with Gasteiger partial charge < -0.3 is 4.90 Å². The number of amides is 1. The lowest BCUT2D eigenvalue weighted by molar-refractivity contribution is 0.0113. The van der Waals surface area contributed by atoms with Gasteiger partial charge >= 0.3 is 0 Å². The first-order chi connectivity index (χ1) is 13.8. The van der Waals surface area contributed by atoms with Crippen LogP contribution < -0.4 is 0 Å². The van der Waals surface area contributed by atoms with Crippen molar-refractivity contribution in [2.24, 2.45) is 0 Å². The van der Waals surface area contributed by atoms with E-state index >= 15 is 0 Å². The maximum Gasteiger partial charge on any atom is 0.276 e. The molecule has 0 spiro atoms. The minimum absolute atomic E-state index is 0.0107. The molecule has 0 saturated carbocycles. The first-order valence-electron chi connectivity index (χ1n) is 9.55. The Morgan fingerprint density at radius 3 is 2.52 bits per heavy atom. The molecule has 6 nitrogen and oxygen atoms in total. The molecule has 10 heteroatoms. The Balaban J connectivity index is 1.46. The highest BCUT2D eigenvalue weighted by Gasteiger charge is 2.45. The number of carbonyl (C=O) groups is 1. The minimum atomic E-state index is -2.91. The van der Waals surface area contributed by atoms with Crippen molar-refractivity contribution in [3.63, 3.8) is 0 Å². The summed E-state index contributed by atoms with van der Waals surface area (Å²) in [6.45, 7) is 0.942. The predicted octanol–water partition coefficient (Wildman–Crippen LogP) is 2.70. The number of halogens is 4. The highest BCUT2D eigenvalue weighted by molar-refractivity contribution is 5.92. The van der Waals surface area contributed by atoms with Crippen LogP contribution in [0.1, 0.15) is 35.3 Å². The van der Waals surface area contributed by atoms with Crippen LogP contribution >= 0.6 is 0 Å². The fraction of sp³-hybridized carbons (Fsp3) is 0.526. The summed E-state index contributed by atoms with van der Waals surface area (Å²) in [4.78, 5) is 15.6. The van der Waals surface area contributed by atoms with Crippen molar-refractivity contribution in [3.05, 3.63) is 47.3 Å². The summed E-state index contributed by atoms with van der Waals surface area (Å²) in [6.07, 6.45) is 2.97. The van der Waals surface area contributed by atoms with Gasteiger partial charge in [-0.05, 0) is 30.5 Å². The normalized spacial score (nSPS) is 21.8. The van der Waals surface area contributed by atoms with Gasteiger partial charge in [0.1, 0.15) is 11.6 Å². The van der Waals surface area contributed by atoms with Gasteiger partial charge in [0.2, 0.25) is 0 Å². The monoisotopic (exact) mass is 411 g/mol. The molecular weight excluding hydrogens is 390 g/mol. The molecule has 2 saturated heterocycles. The molecule has 0 radical (unpaired) electrons. The summed E-state index contributed by atoms with van der Waals surface area (Å²) >= 11 is 0. The van der Waals surface area contributed by atoms with Gasteiger partial charge in [-0.25, -0.2) is 17.6 Å². The van der Waals surface area contributed by atoms with E-state index < -0.39 is 36.6 Å². The van der Waals surface area contributed by atoms with Crippen molar-refractivity contribution in [1.82, 2.24) is 24.8 Å². The molecule has 0 aliphatic carbocycles. The molecule has 29 heavy (non-hydrogen) atoms. The maximum atomic E-state index is 14.1. The van der Waals surface area contributed by atoms with Crippen LogP contribution in [-0.4, -0.2) is 62.3 Å². The van der Waals surface area contributed by atoms with Gasteiger partial charge in [0, 0.05) is 38.2 Å². The Kier molecular flexibility index (Phi) is 5.28. The highest BCUT2D eigenvalue weighted by atomic mass is 19.3. The van der Waals surface area contributed by atoms with E-state index in [0.29, 0.717) is 13.1 Å². The lowest BCUT2D eigenvalue weighted by Crippen LogP contribution is -2.33. The fourth-order valence-electron chi connectivity index (χ4n) is 4.05. The molecule has 156 valence electrons. The van der Waals surface area contributed by atoms with Crippen molar-refractivity contribution in [1.29, 1.82) is 0 Å². The van der Waals surface area contributed by atoms with E-state index in [9.17, 15) is 22.4 Å². The molecule has 3 heterocycles. The van der Waals surface area contributed by atoms with Gasteiger partial charge in [-0.2, -0.15) is 0 Å². The van der Waals surface area contributed by atoms with E-state index in [4.69, 9.17) is 0 Å². The van der Waals surface area contributed by atoms with Crippen molar-refractivity contribution < 1.29 is 22.4 Å². The third-order valence-electron chi connectivity index (χ3n) is 5.34. The molecule has 1 amide bonds. The molecule has 2 aliphatic rings. The summed E-state index contributed by atoms with van der Waals surface area (Å²) in [5, 5.41) is 7.81. The van der Waals surface area contributed by atoms with Crippen LogP contribution in [0.5, 0.6) is 0 Å². The van der Waals surface area contributed by atoms with Crippen LogP contribution in [0.15, 0.2) is 24.4 Å². The molecule has 0 bridgehead atoms. The van der Waals surface area contributed by atoms with Crippen LogP contribution in [0.3, 0.4) is 0 Å². The van der Waals surface area contributed by atoms with Gasteiger partial charge in [0.15, 0.2) is 5.69 Å². The molecular formula is C19H21F4N5O. The van der Waals surface area contributed by atoms with E-state index in [2.05, 4.69) is 10.3 Å². The molecule has 2 aliphatic heterocycles. The van der Waals surface area contributed by atoms with Crippen molar-refractivity contribution in [2.45, 2.75) is 44.3 Å². The van der Waals surface area contributed by atoms with E-state index in [1.165, 1.54) is 15.8 Å². The number of carbonyl (C=O) groups excluding carboxylic acids is 1. The summed E-state index contributed by atoms with van der Waals surface area (Å²) < 4.78 is 56.4. The maximum absolute atomic E-state index is 14.1. The molecule has 1 aromatic carbocycles. The third-order valence-corrected chi connectivity index (χ3v) is 5.34. The van der Waals surface area contributed by atoms with Crippen molar-refractivity contribution in [3.8, 4) is 0 Å². The number of nitrogens with zero attached hydrogens (tertiary/aromatic N) is 5. The number of rotatable bonds is 5. The molecule has 4 rings (SSSR count). The topological polar surface area (TPSA) is 54.3 Å². The zero-order valence-corrected chi connectivity index (χ0v) is 15.7. The quantitative estimate of drug-likeness (QED) is 0.710. The number of hydrogen-bond acceptors (Lipinski definition) is 4. The lowest BCUT2D eigenvalue weighted by atomic mass is 10.1. The molecule has 2 aromatic rings. The van der Waals surface area contributed by atoms with Gasteiger partial charge in [0.05, 0.1) is 19.3 Å². The molecule has 1 atom stereocenters. The molecule has 1 aromatic heterocycles. The van der Waals surface area contributed by atoms with Gasteiger partial charge in [-0.15, -0.1) is 5.10 Å². The second-order valence-corrected chi connectivity index (χ2v) is 7.72. The van der Waals surface area contributed by atoms with Crippen LogP contribution in [0.4, 0.5) is 17.6 Å². The third kappa shape index (κ3) is 4.58. The number of benzene rings is 1. The Bertz CT molecular complexity index is 876. The highest BCUT2D eigenvalue weighted by Crippen LogP contribution is 2.34. The predicted molar refractivity (Wildman–Crippen MR) is 95.3 cm³/mol. The van der Waals surface area contributed by atoms with Crippen LogP contribution in [-0.2, 0) is 13.1 Å². The summed E-state index contributed by atoms with van der Waals surface area (Å²) in [6, 6.07) is 2.42. The minimum Gasteiger partial charge on any atom is -0.337 e. The smallest absolute Gasteiger partial charge is 0.276 e. The number of hydrogen-bond donors (Lipinski definition) is 0. The number of aromatic nitrogens is 3. The van der Waals surface area contributed by atoms with Crippen LogP contribution in [0, 0.1) is 11.6 Å². The second-order valence-electron chi connectivity index (χ2n) is 7.72. The van der Waals surface area contributed by atoms with E-state index in [0.717, 1.165) is 31.0 Å². The largest absolute Gasteiger partial charge is 0.337 e. The number of alkyl halides is 2. The van der Waals surface area contributed by atoms with E-state index in [1.807, 2.05) is 0 Å². The summed E-state index contributed by atoms with van der Waals surface area (Å²) in [7, 11) is 0. The van der Waals surface area contributed by atoms with E-state index in [-0.39, 0.29) is 30.3 Å². The Labute approximate surface area is 165 Å². The zero-order chi connectivity index (χ0) is 20.6.